The van der Waals surface area contributed by atoms with E-state index in [0.717, 1.165) is 6.54 Å². The van der Waals surface area contributed by atoms with Crippen molar-refractivity contribution in [3.63, 3.8) is 0 Å². The lowest BCUT2D eigenvalue weighted by Gasteiger charge is -2.28. The first-order valence-electron chi connectivity index (χ1n) is 5.33. The molecule has 0 atom stereocenters. The van der Waals surface area contributed by atoms with E-state index in [2.05, 4.69) is 39.0 Å². The molecular formula is C10H19N5O2. The molecule has 0 aromatic carbocycles. The van der Waals surface area contributed by atoms with Gasteiger partial charge >= 0.3 is 0 Å². The van der Waals surface area contributed by atoms with E-state index < -0.39 is 0 Å². The Balaban J connectivity index is 2.51. The summed E-state index contributed by atoms with van der Waals surface area (Å²) in [6.07, 6.45) is 0. The highest BCUT2D eigenvalue weighted by Crippen LogP contribution is 2.14. The van der Waals surface area contributed by atoms with Crippen molar-refractivity contribution in [3.8, 4) is 0 Å². The van der Waals surface area contributed by atoms with E-state index in [-0.39, 0.29) is 22.8 Å². The van der Waals surface area contributed by atoms with E-state index in [1.165, 1.54) is 0 Å². The summed E-state index contributed by atoms with van der Waals surface area (Å²) in [5.74, 6) is -0.358. The van der Waals surface area contributed by atoms with Gasteiger partial charge in [0, 0.05) is 13.1 Å². The van der Waals surface area contributed by atoms with Crippen molar-refractivity contribution in [1.82, 2.24) is 20.5 Å². The van der Waals surface area contributed by atoms with Gasteiger partial charge in [-0.15, -0.1) is 0 Å². The maximum atomic E-state index is 11.7. The van der Waals surface area contributed by atoms with Gasteiger partial charge < -0.3 is 16.0 Å². The van der Waals surface area contributed by atoms with Crippen LogP contribution in [0.25, 0.3) is 0 Å². The molecule has 1 aromatic rings. The summed E-state index contributed by atoms with van der Waals surface area (Å²) in [7, 11) is 3.98. The van der Waals surface area contributed by atoms with Crippen LogP contribution in [0.2, 0.25) is 0 Å². The van der Waals surface area contributed by atoms with Gasteiger partial charge in [0.05, 0.1) is 0 Å². The highest BCUT2D eigenvalue weighted by molar-refractivity contribution is 5.95. The summed E-state index contributed by atoms with van der Waals surface area (Å²) in [6.45, 7) is 5.52. The summed E-state index contributed by atoms with van der Waals surface area (Å²) in [6, 6.07) is 0. The number of nitrogens with zero attached hydrogens (tertiary/aromatic N) is 3. The number of carbonyl (C=O) groups excluding carboxylic acids is 1. The zero-order valence-electron chi connectivity index (χ0n) is 10.6. The molecule has 0 aliphatic carbocycles. The molecule has 17 heavy (non-hydrogen) atoms. The first-order chi connectivity index (χ1) is 7.82. The molecule has 0 saturated carbocycles. The average Bonchev–Trinajstić information content (AvgIpc) is 2.59. The third-order valence-electron chi connectivity index (χ3n) is 2.20. The number of aromatic nitrogens is 2. The smallest absolute Gasteiger partial charge is 0.277 e. The summed E-state index contributed by atoms with van der Waals surface area (Å²) in [5, 5.41) is 9.56. The quantitative estimate of drug-likeness (QED) is 0.751. The van der Waals surface area contributed by atoms with Crippen molar-refractivity contribution in [1.29, 1.82) is 0 Å². The summed E-state index contributed by atoms with van der Waals surface area (Å²) < 4.78 is 4.37. The topological polar surface area (TPSA) is 97.3 Å². The second kappa shape index (κ2) is 5.13. The lowest BCUT2D eigenvalue weighted by Crippen LogP contribution is -2.40. The molecule has 3 N–H and O–H groups in total. The fourth-order valence-electron chi connectivity index (χ4n) is 1.67. The molecule has 7 nitrogen and oxygen atoms in total. The van der Waals surface area contributed by atoms with E-state index in [1.54, 1.807) is 0 Å². The minimum absolute atomic E-state index is 0.00733. The molecule has 0 fully saturated rings. The second-order valence-electron chi connectivity index (χ2n) is 5.08. The van der Waals surface area contributed by atoms with Gasteiger partial charge in [-0.1, -0.05) is 13.8 Å². The first-order valence-corrected chi connectivity index (χ1v) is 5.33. The zero-order valence-corrected chi connectivity index (χ0v) is 10.6. The predicted octanol–water partition coefficient (Wildman–Crippen LogP) is -0.0306. The molecule has 0 bridgehead atoms. The number of anilines is 1. The van der Waals surface area contributed by atoms with Crippen LogP contribution in [0, 0.1) is 5.41 Å². The Hall–Kier alpha value is -1.63. The Bertz CT molecular complexity index is 386. The van der Waals surface area contributed by atoms with E-state index in [1.807, 2.05) is 14.1 Å². The fraction of sp³-hybridized carbons (Fsp3) is 0.700. The molecule has 7 heteroatoms. The van der Waals surface area contributed by atoms with Crippen LogP contribution in [-0.2, 0) is 0 Å². The van der Waals surface area contributed by atoms with Crippen LogP contribution >= 0.6 is 0 Å². The van der Waals surface area contributed by atoms with Crippen LogP contribution in [-0.4, -0.2) is 48.3 Å². The number of nitrogen functional groups attached to an aromatic ring is 1. The minimum atomic E-state index is -0.365. The normalized spacial score (nSPS) is 11.8. The van der Waals surface area contributed by atoms with E-state index >= 15 is 0 Å². The van der Waals surface area contributed by atoms with Crippen molar-refractivity contribution in [3.05, 3.63) is 5.69 Å². The molecule has 0 unspecified atom stereocenters. The molecule has 1 heterocycles. The van der Waals surface area contributed by atoms with Crippen LogP contribution in [0.4, 0.5) is 5.82 Å². The van der Waals surface area contributed by atoms with Crippen molar-refractivity contribution >= 4 is 11.7 Å². The molecule has 1 amide bonds. The molecule has 0 radical (unpaired) electrons. The van der Waals surface area contributed by atoms with Gasteiger partial charge in [-0.3, -0.25) is 4.79 Å². The number of nitrogens with one attached hydrogen (secondary N) is 1. The SMILES string of the molecule is CN(C)CC(C)(C)CNC(=O)c1nonc1N. The van der Waals surface area contributed by atoms with Crippen LogP contribution in [0.1, 0.15) is 24.3 Å². The third-order valence-corrected chi connectivity index (χ3v) is 2.20. The van der Waals surface area contributed by atoms with E-state index in [0.29, 0.717) is 6.54 Å². The molecule has 0 aliphatic heterocycles. The highest BCUT2D eigenvalue weighted by Gasteiger charge is 2.22. The number of hydrogen-bond acceptors (Lipinski definition) is 6. The van der Waals surface area contributed by atoms with Crippen molar-refractivity contribution in [2.45, 2.75) is 13.8 Å². The summed E-state index contributed by atoms with van der Waals surface area (Å²) >= 11 is 0. The summed E-state index contributed by atoms with van der Waals surface area (Å²) in [4.78, 5) is 13.8. The largest absolute Gasteiger partial charge is 0.379 e. The monoisotopic (exact) mass is 241 g/mol. The zero-order chi connectivity index (χ0) is 13.1. The Morgan fingerprint density at radius 3 is 2.59 bits per heavy atom. The Kier molecular flexibility index (Phi) is 4.06. The number of nitrogens with two attached hydrogens (primary N) is 1. The number of carbonyl (C=O) groups is 1. The molecule has 1 aromatic heterocycles. The van der Waals surface area contributed by atoms with Gasteiger partial charge in [-0.25, -0.2) is 4.63 Å². The number of hydrogen-bond donors (Lipinski definition) is 2. The fourth-order valence-corrected chi connectivity index (χ4v) is 1.67. The third kappa shape index (κ3) is 4.03. The number of amides is 1. The Morgan fingerprint density at radius 1 is 1.47 bits per heavy atom. The molecular weight excluding hydrogens is 222 g/mol. The van der Waals surface area contributed by atoms with Crippen molar-refractivity contribution < 1.29 is 9.42 Å². The number of rotatable bonds is 5. The van der Waals surface area contributed by atoms with Gasteiger partial charge in [0.1, 0.15) is 0 Å². The van der Waals surface area contributed by atoms with Crippen LogP contribution in [0.5, 0.6) is 0 Å². The van der Waals surface area contributed by atoms with Crippen molar-refractivity contribution in [2.24, 2.45) is 5.41 Å². The Labute approximate surface area is 100 Å². The maximum Gasteiger partial charge on any atom is 0.277 e. The molecule has 96 valence electrons. The molecule has 0 aliphatic rings. The van der Waals surface area contributed by atoms with Crippen LogP contribution < -0.4 is 11.1 Å². The van der Waals surface area contributed by atoms with Crippen molar-refractivity contribution in [2.75, 3.05) is 32.9 Å². The standard InChI is InChI=1S/C10H19N5O2/c1-10(2,6-15(3)4)5-12-9(16)7-8(11)14-17-13-7/h5-6H2,1-4H3,(H2,11,14)(H,12,16). The molecule has 1 rings (SSSR count). The predicted molar refractivity (Wildman–Crippen MR) is 63.4 cm³/mol. The van der Waals surface area contributed by atoms with Gasteiger partial charge in [-0.05, 0) is 29.8 Å². The highest BCUT2D eigenvalue weighted by atomic mass is 16.6. The first kappa shape index (κ1) is 13.4. The van der Waals surface area contributed by atoms with Crippen LogP contribution in [0.3, 0.4) is 0 Å². The van der Waals surface area contributed by atoms with Crippen LogP contribution in [0.15, 0.2) is 4.63 Å². The average molecular weight is 241 g/mol. The van der Waals surface area contributed by atoms with E-state index in [4.69, 9.17) is 5.73 Å². The van der Waals surface area contributed by atoms with E-state index in [9.17, 15) is 4.79 Å². The van der Waals surface area contributed by atoms with Gasteiger partial charge in [0.25, 0.3) is 5.91 Å². The van der Waals surface area contributed by atoms with Gasteiger partial charge in [0.15, 0.2) is 0 Å². The van der Waals surface area contributed by atoms with Gasteiger partial charge in [-0.2, -0.15) is 0 Å². The lowest BCUT2D eigenvalue weighted by molar-refractivity contribution is 0.0920. The second-order valence-corrected chi connectivity index (χ2v) is 5.08. The van der Waals surface area contributed by atoms with Gasteiger partial charge in [0.2, 0.25) is 11.5 Å². The maximum absolute atomic E-state index is 11.7. The minimum Gasteiger partial charge on any atom is -0.379 e. The Morgan fingerprint density at radius 2 is 2.12 bits per heavy atom. The molecule has 0 spiro atoms. The lowest BCUT2D eigenvalue weighted by atomic mass is 9.93. The molecule has 0 saturated heterocycles. The summed E-state index contributed by atoms with van der Waals surface area (Å²) in [5.41, 5.74) is 5.42.